The maximum absolute atomic E-state index is 12.6. The fraction of sp³-hybridized carbons (Fsp3) is 0.462. The minimum absolute atomic E-state index is 0.0457. The van der Waals surface area contributed by atoms with Gasteiger partial charge in [0.1, 0.15) is 6.10 Å². The van der Waals surface area contributed by atoms with Gasteiger partial charge in [0.25, 0.3) is 21.8 Å². The lowest BCUT2D eigenvalue weighted by molar-refractivity contribution is 0.0407. The van der Waals surface area contributed by atoms with Crippen LogP contribution >= 0.6 is 0 Å². The molecule has 1 aromatic heterocycles. The molecule has 200 valence electrons. The number of hydrogen-bond donors (Lipinski definition) is 2. The first kappa shape index (κ1) is 28.1. The van der Waals surface area contributed by atoms with Gasteiger partial charge >= 0.3 is 6.16 Å². The number of unbranched alkanes of at least 4 members (excludes halogenated alkanes) is 3. The highest BCUT2D eigenvalue weighted by atomic mass is 32.2. The standard InChI is InChI=1S/C26H33N3O7S/c1-2-3-4-8-17-27-24(30)19-11-14-22(15-12-19)37(33,34)29-25(31)20-13-16-23(28-18-20)36-26(32)35-21-9-6-5-7-10-21/h11-16,18,21H,2-10,17H2,1H3,(H,27,30)(H,29,31). The number of carbonyl (C=O) groups excluding carboxylic acids is 3. The zero-order valence-corrected chi connectivity index (χ0v) is 21.7. The second-order valence-corrected chi connectivity index (χ2v) is 10.6. The average Bonchev–Trinajstić information content (AvgIpc) is 2.89. The van der Waals surface area contributed by atoms with E-state index in [1.165, 1.54) is 36.4 Å². The Morgan fingerprint density at radius 2 is 1.62 bits per heavy atom. The molecule has 2 amide bonds. The van der Waals surface area contributed by atoms with Crippen molar-refractivity contribution in [3.8, 4) is 5.88 Å². The van der Waals surface area contributed by atoms with Crippen LogP contribution < -0.4 is 14.8 Å². The molecule has 0 saturated heterocycles. The molecule has 0 radical (unpaired) electrons. The van der Waals surface area contributed by atoms with Crippen molar-refractivity contribution in [1.29, 1.82) is 0 Å². The third-order valence-electron chi connectivity index (χ3n) is 5.97. The van der Waals surface area contributed by atoms with E-state index in [0.717, 1.165) is 64.0 Å². The Morgan fingerprint density at radius 3 is 2.27 bits per heavy atom. The minimum atomic E-state index is -4.19. The number of aromatic nitrogens is 1. The predicted molar refractivity (Wildman–Crippen MR) is 136 cm³/mol. The Balaban J connectivity index is 1.51. The van der Waals surface area contributed by atoms with Gasteiger partial charge in [-0.1, -0.05) is 32.6 Å². The number of rotatable bonds is 11. The molecule has 1 aliphatic carbocycles. The van der Waals surface area contributed by atoms with Gasteiger partial charge in [0.15, 0.2) is 0 Å². The first-order chi connectivity index (χ1) is 17.8. The van der Waals surface area contributed by atoms with Crippen molar-refractivity contribution >= 4 is 28.0 Å². The number of benzene rings is 1. The number of pyridine rings is 1. The molecule has 1 fully saturated rings. The second kappa shape index (κ2) is 13.7. The van der Waals surface area contributed by atoms with Crippen LogP contribution in [0.2, 0.25) is 0 Å². The van der Waals surface area contributed by atoms with E-state index in [-0.39, 0.29) is 28.4 Å². The van der Waals surface area contributed by atoms with E-state index >= 15 is 0 Å². The molecule has 0 spiro atoms. The molecule has 1 saturated carbocycles. The van der Waals surface area contributed by atoms with E-state index in [4.69, 9.17) is 9.47 Å². The predicted octanol–water partition coefficient (Wildman–Crippen LogP) is 4.36. The van der Waals surface area contributed by atoms with Gasteiger partial charge in [0, 0.05) is 24.4 Å². The first-order valence-corrected chi connectivity index (χ1v) is 14.1. The van der Waals surface area contributed by atoms with Crippen LogP contribution in [0, 0.1) is 0 Å². The number of nitrogens with one attached hydrogen (secondary N) is 2. The third kappa shape index (κ3) is 8.85. The molecule has 11 heteroatoms. The lowest BCUT2D eigenvalue weighted by Gasteiger charge is -2.20. The fourth-order valence-electron chi connectivity index (χ4n) is 3.88. The summed E-state index contributed by atoms with van der Waals surface area (Å²) in [6.07, 6.45) is 8.91. The normalized spacial score (nSPS) is 14.0. The molecule has 1 aromatic carbocycles. The van der Waals surface area contributed by atoms with Crippen molar-refractivity contribution in [3.05, 3.63) is 53.7 Å². The summed E-state index contributed by atoms with van der Waals surface area (Å²) >= 11 is 0. The van der Waals surface area contributed by atoms with E-state index in [2.05, 4.69) is 17.2 Å². The summed E-state index contributed by atoms with van der Waals surface area (Å²) in [5.41, 5.74) is 0.276. The molecule has 1 aliphatic rings. The van der Waals surface area contributed by atoms with Gasteiger partial charge in [-0.15, -0.1) is 0 Å². The molecule has 10 nitrogen and oxygen atoms in total. The molecule has 1 heterocycles. The third-order valence-corrected chi connectivity index (χ3v) is 7.32. The molecule has 37 heavy (non-hydrogen) atoms. The van der Waals surface area contributed by atoms with Gasteiger partial charge in [0.05, 0.1) is 10.5 Å². The summed E-state index contributed by atoms with van der Waals surface area (Å²) in [6, 6.07) is 7.86. The van der Waals surface area contributed by atoms with Crippen molar-refractivity contribution in [1.82, 2.24) is 15.0 Å². The highest BCUT2D eigenvalue weighted by Gasteiger charge is 2.21. The van der Waals surface area contributed by atoms with Gasteiger partial charge in [-0.25, -0.2) is 22.9 Å². The SMILES string of the molecule is CCCCCCNC(=O)c1ccc(S(=O)(=O)NC(=O)c2ccc(OC(=O)OC3CCCCC3)nc2)cc1. The minimum Gasteiger partial charge on any atom is -0.431 e. The summed E-state index contributed by atoms with van der Waals surface area (Å²) in [7, 11) is -4.19. The summed E-state index contributed by atoms with van der Waals surface area (Å²) < 4.78 is 37.5. The highest BCUT2D eigenvalue weighted by Crippen LogP contribution is 2.21. The topological polar surface area (TPSA) is 141 Å². The molecular formula is C26H33N3O7S. The van der Waals surface area contributed by atoms with Gasteiger partial charge in [-0.3, -0.25) is 9.59 Å². The molecule has 0 aliphatic heterocycles. The van der Waals surface area contributed by atoms with Crippen LogP contribution in [0.25, 0.3) is 0 Å². The number of nitrogens with zero attached hydrogens (tertiary/aromatic N) is 1. The summed E-state index contributed by atoms with van der Waals surface area (Å²) in [5.74, 6) is -1.27. The molecule has 0 bridgehead atoms. The van der Waals surface area contributed by atoms with Crippen LogP contribution in [-0.2, 0) is 14.8 Å². The largest absolute Gasteiger partial charge is 0.515 e. The van der Waals surface area contributed by atoms with Gasteiger partial charge in [-0.2, -0.15) is 0 Å². The monoisotopic (exact) mass is 531 g/mol. The Labute approximate surface area is 217 Å². The van der Waals surface area contributed by atoms with Crippen molar-refractivity contribution in [2.75, 3.05) is 6.54 Å². The van der Waals surface area contributed by atoms with Crippen molar-refractivity contribution in [3.63, 3.8) is 0 Å². The molecule has 2 N–H and O–H groups in total. The van der Waals surface area contributed by atoms with Gasteiger partial charge in [0.2, 0.25) is 5.88 Å². The lowest BCUT2D eigenvalue weighted by atomic mass is 9.98. The molecular weight excluding hydrogens is 498 g/mol. The van der Waals surface area contributed by atoms with Crippen LogP contribution in [0.1, 0.15) is 85.4 Å². The van der Waals surface area contributed by atoms with E-state index in [0.29, 0.717) is 12.1 Å². The van der Waals surface area contributed by atoms with Crippen molar-refractivity contribution < 1.29 is 32.3 Å². The van der Waals surface area contributed by atoms with Crippen LogP contribution in [0.3, 0.4) is 0 Å². The number of amides is 2. The van der Waals surface area contributed by atoms with Crippen LogP contribution in [0.5, 0.6) is 5.88 Å². The highest BCUT2D eigenvalue weighted by molar-refractivity contribution is 7.90. The van der Waals surface area contributed by atoms with E-state index in [1.807, 2.05) is 4.72 Å². The van der Waals surface area contributed by atoms with Crippen molar-refractivity contribution in [2.24, 2.45) is 0 Å². The Bertz CT molecular complexity index is 1160. The molecule has 3 rings (SSSR count). The summed E-state index contributed by atoms with van der Waals surface area (Å²) in [4.78, 5) is 40.3. The molecule has 0 unspecified atom stereocenters. The lowest BCUT2D eigenvalue weighted by Crippen LogP contribution is -2.31. The number of hydrogen-bond acceptors (Lipinski definition) is 8. The van der Waals surface area contributed by atoms with E-state index in [1.54, 1.807) is 0 Å². The maximum atomic E-state index is 12.6. The zero-order chi connectivity index (χ0) is 26.7. The van der Waals surface area contributed by atoms with Crippen molar-refractivity contribution in [2.45, 2.75) is 75.7 Å². The Kier molecular flexibility index (Phi) is 10.4. The maximum Gasteiger partial charge on any atom is 0.515 e. The van der Waals surface area contributed by atoms with Crippen LogP contribution in [-0.4, -0.2) is 44.0 Å². The number of ether oxygens (including phenoxy) is 2. The van der Waals surface area contributed by atoms with Crippen LogP contribution in [0.4, 0.5) is 4.79 Å². The van der Waals surface area contributed by atoms with E-state index in [9.17, 15) is 22.8 Å². The Hall–Kier alpha value is -3.47. The molecule has 0 atom stereocenters. The molecule has 2 aromatic rings. The number of carbonyl (C=O) groups is 3. The smallest absolute Gasteiger partial charge is 0.431 e. The van der Waals surface area contributed by atoms with Crippen LogP contribution in [0.15, 0.2) is 47.5 Å². The second-order valence-electron chi connectivity index (χ2n) is 8.89. The Morgan fingerprint density at radius 1 is 0.919 bits per heavy atom. The van der Waals surface area contributed by atoms with Gasteiger partial charge < -0.3 is 14.8 Å². The van der Waals surface area contributed by atoms with E-state index < -0.39 is 22.1 Å². The quantitative estimate of drug-likeness (QED) is 0.322. The summed E-state index contributed by atoms with van der Waals surface area (Å²) in [6.45, 7) is 2.66. The summed E-state index contributed by atoms with van der Waals surface area (Å²) in [5, 5.41) is 2.80. The first-order valence-electron chi connectivity index (χ1n) is 12.6. The fourth-order valence-corrected chi connectivity index (χ4v) is 4.86. The zero-order valence-electron chi connectivity index (χ0n) is 20.9. The number of sulfonamides is 1. The van der Waals surface area contributed by atoms with Gasteiger partial charge in [-0.05, 0) is 62.4 Å². The average molecular weight is 532 g/mol.